The van der Waals surface area contributed by atoms with E-state index in [2.05, 4.69) is 22.9 Å². The van der Waals surface area contributed by atoms with Crippen LogP contribution >= 0.6 is 28.3 Å². The van der Waals surface area contributed by atoms with Gasteiger partial charge in [0.15, 0.2) is 0 Å². The average molecular weight is 384 g/mol. The molecule has 20 heavy (non-hydrogen) atoms. The van der Waals surface area contributed by atoms with E-state index in [9.17, 15) is 8.42 Å². The number of piperidine rings is 1. The Hall–Kier alpha value is -0.140. The first-order chi connectivity index (χ1) is 8.96. The van der Waals surface area contributed by atoms with Crippen molar-refractivity contribution in [2.24, 2.45) is 11.7 Å². The average Bonchev–Trinajstić information content (AvgIpc) is 2.39. The highest BCUT2D eigenvalue weighted by Gasteiger charge is 2.36. The molecule has 2 atom stereocenters. The molecule has 0 radical (unpaired) electrons. The van der Waals surface area contributed by atoms with Gasteiger partial charge in [-0.25, -0.2) is 8.42 Å². The van der Waals surface area contributed by atoms with E-state index in [1.807, 2.05) is 0 Å². The summed E-state index contributed by atoms with van der Waals surface area (Å²) in [7, 11) is -3.44. The Morgan fingerprint density at radius 1 is 1.35 bits per heavy atom. The van der Waals surface area contributed by atoms with Crippen LogP contribution in [0.15, 0.2) is 33.6 Å². The maximum absolute atomic E-state index is 12.7. The minimum Gasteiger partial charge on any atom is -0.329 e. The van der Waals surface area contributed by atoms with Crippen LogP contribution in [-0.4, -0.2) is 31.9 Å². The number of nitrogens with zero attached hydrogens (tertiary/aromatic N) is 1. The van der Waals surface area contributed by atoms with Gasteiger partial charge >= 0.3 is 0 Å². The minimum atomic E-state index is -3.44. The topological polar surface area (TPSA) is 63.4 Å². The third-order valence-corrected chi connectivity index (χ3v) is 6.19. The molecule has 0 spiro atoms. The van der Waals surface area contributed by atoms with Crippen LogP contribution in [0, 0.1) is 5.92 Å². The molecule has 0 aliphatic carbocycles. The number of rotatable bonds is 3. The van der Waals surface area contributed by atoms with E-state index in [4.69, 9.17) is 5.73 Å². The third-order valence-electron chi connectivity index (χ3n) is 3.73. The van der Waals surface area contributed by atoms with Gasteiger partial charge in [0.1, 0.15) is 0 Å². The van der Waals surface area contributed by atoms with E-state index in [-0.39, 0.29) is 18.4 Å². The van der Waals surface area contributed by atoms with Gasteiger partial charge < -0.3 is 5.73 Å². The van der Waals surface area contributed by atoms with Crippen molar-refractivity contribution in [1.29, 1.82) is 0 Å². The zero-order valence-electron chi connectivity index (χ0n) is 11.3. The third kappa shape index (κ3) is 3.54. The predicted octanol–water partition coefficient (Wildman–Crippen LogP) is 2.62. The van der Waals surface area contributed by atoms with E-state index < -0.39 is 10.0 Å². The first-order valence-corrected chi connectivity index (χ1v) is 8.67. The van der Waals surface area contributed by atoms with Crippen molar-refractivity contribution >= 4 is 38.4 Å². The summed E-state index contributed by atoms with van der Waals surface area (Å²) in [5.74, 6) is 0.309. The molecular formula is C13H20BrClN2O2S. The smallest absolute Gasteiger partial charge is 0.243 e. The molecule has 0 aromatic heterocycles. The molecule has 1 fully saturated rings. The minimum absolute atomic E-state index is 0. The second-order valence-corrected chi connectivity index (χ2v) is 7.80. The zero-order valence-corrected chi connectivity index (χ0v) is 14.5. The summed E-state index contributed by atoms with van der Waals surface area (Å²) in [4.78, 5) is 0.336. The molecular weight excluding hydrogens is 364 g/mol. The SMILES string of the molecule is CC1CCCN(S(=O)(=O)c2ccc(Br)cc2)C1CN.Cl. The summed E-state index contributed by atoms with van der Waals surface area (Å²) in [6.45, 7) is 3.00. The Labute approximate surface area is 135 Å². The lowest BCUT2D eigenvalue weighted by Gasteiger charge is -2.38. The molecule has 1 aromatic rings. The summed E-state index contributed by atoms with van der Waals surface area (Å²) >= 11 is 3.31. The molecule has 0 saturated carbocycles. The van der Waals surface area contributed by atoms with Gasteiger partial charge in [0, 0.05) is 23.6 Å². The van der Waals surface area contributed by atoms with Crippen molar-refractivity contribution in [1.82, 2.24) is 4.31 Å². The lowest BCUT2D eigenvalue weighted by atomic mass is 9.93. The summed E-state index contributed by atoms with van der Waals surface area (Å²) in [6, 6.07) is 6.66. The van der Waals surface area contributed by atoms with Crippen LogP contribution in [0.1, 0.15) is 19.8 Å². The summed E-state index contributed by atoms with van der Waals surface area (Å²) < 4.78 is 27.8. The molecule has 2 N–H and O–H groups in total. The fourth-order valence-electron chi connectivity index (χ4n) is 2.60. The quantitative estimate of drug-likeness (QED) is 0.872. The van der Waals surface area contributed by atoms with Crippen LogP contribution in [0.4, 0.5) is 0 Å². The Kier molecular flexibility index (Phi) is 6.47. The Morgan fingerprint density at radius 3 is 2.50 bits per heavy atom. The maximum Gasteiger partial charge on any atom is 0.243 e. The van der Waals surface area contributed by atoms with Gasteiger partial charge in [-0.05, 0) is 43.0 Å². The molecule has 2 unspecified atom stereocenters. The second-order valence-electron chi connectivity index (χ2n) is 4.99. The highest BCUT2D eigenvalue weighted by Crippen LogP contribution is 2.29. The van der Waals surface area contributed by atoms with Gasteiger partial charge in [0.05, 0.1) is 4.90 Å². The van der Waals surface area contributed by atoms with Crippen LogP contribution in [0.5, 0.6) is 0 Å². The van der Waals surface area contributed by atoms with Crippen molar-refractivity contribution in [3.05, 3.63) is 28.7 Å². The molecule has 1 saturated heterocycles. The standard InChI is InChI=1S/C13H19BrN2O2S.ClH/c1-10-3-2-8-16(13(10)9-15)19(17,18)12-6-4-11(14)5-7-12;/h4-7,10,13H,2-3,8-9,15H2,1H3;1H. The lowest BCUT2D eigenvalue weighted by Crippen LogP contribution is -2.51. The van der Waals surface area contributed by atoms with Crippen LogP contribution in [0.3, 0.4) is 0 Å². The van der Waals surface area contributed by atoms with E-state index >= 15 is 0 Å². The van der Waals surface area contributed by atoms with Crippen molar-refractivity contribution in [2.75, 3.05) is 13.1 Å². The Morgan fingerprint density at radius 2 is 1.95 bits per heavy atom. The number of benzene rings is 1. The van der Waals surface area contributed by atoms with Gasteiger partial charge in [0.25, 0.3) is 0 Å². The molecule has 114 valence electrons. The highest BCUT2D eigenvalue weighted by atomic mass is 79.9. The van der Waals surface area contributed by atoms with Crippen molar-refractivity contribution in [3.8, 4) is 0 Å². The predicted molar refractivity (Wildman–Crippen MR) is 86.5 cm³/mol. The number of sulfonamides is 1. The van der Waals surface area contributed by atoms with E-state index in [1.165, 1.54) is 0 Å². The van der Waals surface area contributed by atoms with Gasteiger partial charge in [-0.3, -0.25) is 0 Å². The fourth-order valence-corrected chi connectivity index (χ4v) is 4.64. The van der Waals surface area contributed by atoms with Gasteiger partial charge in [0.2, 0.25) is 10.0 Å². The van der Waals surface area contributed by atoms with E-state index in [0.29, 0.717) is 23.9 Å². The summed E-state index contributed by atoms with van der Waals surface area (Å²) in [5.41, 5.74) is 5.77. The molecule has 1 aliphatic rings. The maximum atomic E-state index is 12.7. The Balaban J connectivity index is 0.00000200. The Bertz CT molecular complexity index is 536. The molecule has 1 heterocycles. The number of halogens is 2. The summed E-state index contributed by atoms with van der Waals surface area (Å²) in [6.07, 6.45) is 1.93. The highest BCUT2D eigenvalue weighted by molar-refractivity contribution is 9.10. The molecule has 0 bridgehead atoms. The lowest BCUT2D eigenvalue weighted by molar-refractivity contribution is 0.192. The largest absolute Gasteiger partial charge is 0.329 e. The molecule has 2 rings (SSSR count). The fraction of sp³-hybridized carbons (Fsp3) is 0.538. The molecule has 1 aliphatic heterocycles. The van der Waals surface area contributed by atoms with Crippen LogP contribution in [0.2, 0.25) is 0 Å². The molecule has 0 amide bonds. The van der Waals surface area contributed by atoms with Gasteiger partial charge in [-0.2, -0.15) is 4.31 Å². The van der Waals surface area contributed by atoms with E-state index in [0.717, 1.165) is 17.3 Å². The van der Waals surface area contributed by atoms with Crippen LogP contribution in [0.25, 0.3) is 0 Å². The van der Waals surface area contributed by atoms with Crippen molar-refractivity contribution in [3.63, 3.8) is 0 Å². The first kappa shape index (κ1) is 17.9. The number of hydrogen-bond donors (Lipinski definition) is 1. The first-order valence-electron chi connectivity index (χ1n) is 6.44. The summed E-state index contributed by atoms with van der Waals surface area (Å²) in [5, 5.41) is 0. The molecule has 4 nitrogen and oxygen atoms in total. The molecule has 7 heteroatoms. The number of nitrogens with two attached hydrogens (primary N) is 1. The van der Waals surface area contributed by atoms with Gasteiger partial charge in [-0.1, -0.05) is 22.9 Å². The van der Waals surface area contributed by atoms with Gasteiger partial charge in [-0.15, -0.1) is 12.4 Å². The normalized spacial score (nSPS) is 24.1. The van der Waals surface area contributed by atoms with Crippen molar-refractivity contribution in [2.45, 2.75) is 30.7 Å². The van der Waals surface area contributed by atoms with E-state index in [1.54, 1.807) is 28.6 Å². The van der Waals surface area contributed by atoms with Crippen LogP contribution in [-0.2, 0) is 10.0 Å². The van der Waals surface area contributed by atoms with Crippen molar-refractivity contribution < 1.29 is 8.42 Å². The zero-order chi connectivity index (χ0) is 14.0. The van der Waals surface area contributed by atoms with Crippen LogP contribution < -0.4 is 5.73 Å². The molecule has 1 aromatic carbocycles. The number of hydrogen-bond acceptors (Lipinski definition) is 3. The monoisotopic (exact) mass is 382 g/mol. The second kappa shape index (κ2) is 7.22.